The van der Waals surface area contributed by atoms with Gasteiger partial charge in [-0.2, -0.15) is 0 Å². The van der Waals surface area contributed by atoms with Crippen LogP contribution in [0.25, 0.3) is 6.08 Å². The van der Waals surface area contributed by atoms with E-state index in [2.05, 4.69) is 5.43 Å². The van der Waals surface area contributed by atoms with Gasteiger partial charge in [-0.3, -0.25) is 0 Å². The van der Waals surface area contributed by atoms with Crippen LogP contribution in [-0.4, -0.2) is 30.6 Å². The highest BCUT2D eigenvalue weighted by Crippen LogP contribution is 2.19. The van der Waals surface area contributed by atoms with Crippen LogP contribution in [0.4, 0.5) is 4.79 Å². The highest BCUT2D eigenvalue weighted by molar-refractivity contribution is 7.89. The SMILES string of the molecule is Cc1ccc(S(=O)(=O)N(NC(=O)OC(C)(C)C)C(C)/C=C/c2ccccc2)cc1. The van der Waals surface area contributed by atoms with E-state index in [1.165, 1.54) is 12.1 Å². The van der Waals surface area contributed by atoms with Crippen molar-refractivity contribution in [3.63, 3.8) is 0 Å². The number of nitrogens with zero attached hydrogens (tertiary/aromatic N) is 1. The third kappa shape index (κ3) is 6.73. The molecule has 0 aromatic heterocycles. The van der Waals surface area contributed by atoms with E-state index in [0.29, 0.717) is 0 Å². The average molecular weight is 417 g/mol. The molecule has 156 valence electrons. The van der Waals surface area contributed by atoms with Crippen molar-refractivity contribution in [1.82, 2.24) is 9.84 Å². The summed E-state index contributed by atoms with van der Waals surface area (Å²) in [7, 11) is -4.00. The first-order chi connectivity index (χ1) is 13.5. The maximum atomic E-state index is 13.2. The van der Waals surface area contributed by atoms with Gasteiger partial charge in [0, 0.05) is 0 Å². The van der Waals surface area contributed by atoms with Gasteiger partial charge < -0.3 is 4.74 Å². The van der Waals surface area contributed by atoms with Gasteiger partial charge in [-0.1, -0.05) is 60.2 Å². The fourth-order valence-electron chi connectivity index (χ4n) is 2.49. The van der Waals surface area contributed by atoms with Gasteiger partial charge in [-0.25, -0.2) is 18.6 Å². The Balaban J connectivity index is 2.35. The minimum atomic E-state index is -4.00. The Labute approximate surface area is 173 Å². The predicted octanol–water partition coefficient (Wildman–Crippen LogP) is 4.53. The molecule has 2 rings (SSSR count). The molecule has 1 amide bonds. The zero-order chi connectivity index (χ0) is 21.7. The molecular weight excluding hydrogens is 388 g/mol. The normalized spacial score (nSPS) is 13.4. The topological polar surface area (TPSA) is 75.7 Å². The fourth-order valence-corrected chi connectivity index (χ4v) is 3.90. The molecule has 1 N–H and O–H groups in total. The van der Waals surface area contributed by atoms with Gasteiger partial charge in [0.2, 0.25) is 0 Å². The van der Waals surface area contributed by atoms with Crippen LogP contribution in [0.2, 0.25) is 0 Å². The lowest BCUT2D eigenvalue weighted by Crippen LogP contribution is -2.51. The largest absolute Gasteiger partial charge is 0.443 e. The summed E-state index contributed by atoms with van der Waals surface area (Å²) < 4.78 is 32.6. The lowest BCUT2D eigenvalue weighted by Gasteiger charge is -2.28. The second-order valence-electron chi connectivity index (χ2n) is 7.74. The monoisotopic (exact) mass is 416 g/mol. The number of carbonyl (C=O) groups is 1. The molecule has 0 fully saturated rings. The Morgan fingerprint density at radius 2 is 1.66 bits per heavy atom. The number of sulfonamides is 1. The number of nitrogens with one attached hydrogen (secondary N) is 1. The van der Waals surface area contributed by atoms with Crippen molar-refractivity contribution in [2.75, 3.05) is 0 Å². The summed E-state index contributed by atoms with van der Waals surface area (Å²) in [5.74, 6) is 0. The molecule has 7 heteroatoms. The van der Waals surface area contributed by atoms with E-state index in [1.54, 1.807) is 52.0 Å². The van der Waals surface area contributed by atoms with Crippen LogP contribution in [0.5, 0.6) is 0 Å². The Bertz CT molecular complexity index is 947. The number of benzene rings is 2. The minimum absolute atomic E-state index is 0.0825. The molecule has 0 saturated heterocycles. The van der Waals surface area contributed by atoms with Crippen LogP contribution >= 0.6 is 0 Å². The number of hydrogen-bond acceptors (Lipinski definition) is 4. The summed E-state index contributed by atoms with van der Waals surface area (Å²) in [4.78, 5) is 12.4. The molecule has 0 heterocycles. The van der Waals surface area contributed by atoms with Gasteiger partial charge in [-0.15, -0.1) is 4.41 Å². The van der Waals surface area contributed by atoms with Gasteiger partial charge in [0.05, 0.1) is 10.9 Å². The molecule has 0 radical (unpaired) electrons. The number of hydrogen-bond donors (Lipinski definition) is 1. The summed E-state index contributed by atoms with van der Waals surface area (Å²) >= 11 is 0. The van der Waals surface area contributed by atoms with E-state index in [-0.39, 0.29) is 4.90 Å². The van der Waals surface area contributed by atoms with Gasteiger partial charge in [0.25, 0.3) is 10.0 Å². The standard InChI is InChI=1S/C22H28N2O4S/c1-17-11-15-20(16-12-17)29(26,27)24(23-21(25)28-22(3,4)5)18(2)13-14-19-9-7-6-8-10-19/h6-16,18H,1-5H3,(H,23,25)/b14-13+. The first-order valence-electron chi connectivity index (χ1n) is 9.33. The molecule has 0 aliphatic heterocycles. The van der Waals surface area contributed by atoms with Crippen LogP contribution in [-0.2, 0) is 14.8 Å². The molecule has 0 bridgehead atoms. The van der Waals surface area contributed by atoms with E-state index in [9.17, 15) is 13.2 Å². The van der Waals surface area contributed by atoms with Crippen LogP contribution < -0.4 is 5.43 Å². The van der Waals surface area contributed by atoms with E-state index in [0.717, 1.165) is 15.5 Å². The van der Waals surface area contributed by atoms with Crippen molar-refractivity contribution in [1.29, 1.82) is 0 Å². The minimum Gasteiger partial charge on any atom is -0.443 e. The third-order valence-electron chi connectivity index (χ3n) is 3.91. The maximum absolute atomic E-state index is 13.2. The van der Waals surface area contributed by atoms with Gasteiger partial charge in [0.1, 0.15) is 5.60 Å². The molecule has 0 spiro atoms. The molecule has 29 heavy (non-hydrogen) atoms. The average Bonchev–Trinajstić information content (AvgIpc) is 2.64. The number of aryl methyl sites for hydroxylation is 1. The molecule has 0 aliphatic rings. The molecule has 0 aliphatic carbocycles. The summed E-state index contributed by atoms with van der Waals surface area (Å²) in [6, 6.07) is 15.3. The van der Waals surface area contributed by atoms with E-state index < -0.39 is 27.8 Å². The molecule has 6 nitrogen and oxygen atoms in total. The lowest BCUT2D eigenvalue weighted by molar-refractivity contribution is 0.0412. The molecule has 2 aromatic carbocycles. The van der Waals surface area contributed by atoms with Crippen molar-refractivity contribution in [3.05, 3.63) is 71.8 Å². The summed E-state index contributed by atoms with van der Waals surface area (Å²) in [6.07, 6.45) is 2.67. The van der Waals surface area contributed by atoms with Crippen molar-refractivity contribution in [2.45, 2.75) is 51.2 Å². The zero-order valence-electron chi connectivity index (χ0n) is 17.4. The van der Waals surface area contributed by atoms with Crippen molar-refractivity contribution in [2.24, 2.45) is 0 Å². The number of amides is 1. The Morgan fingerprint density at radius 3 is 2.21 bits per heavy atom. The quantitative estimate of drug-likeness (QED) is 0.702. The Morgan fingerprint density at radius 1 is 1.07 bits per heavy atom. The highest BCUT2D eigenvalue weighted by Gasteiger charge is 2.31. The van der Waals surface area contributed by atoms with Gasteiger partial charge >= 0.3 is 6.09 Å². The van der Waals surface area contributed by atoms with Crippen LogP contribution in [0.1, 0.15) is 38.8 Å². The number of hydrazine groups is 1. The van der Waals surface area contributed by atoms with Crippen molar-refractivity contribution < 1.29 is 17.9 Å². The van der Waals surface area contributed by atoms with Crippen molar-refractivity contribution in [3.8, 4) is 0 Å². The second kappa shape index (κ2) is 9.24. The summed E-state index contributed by atoms with van der Waals surface area (Å²) in [6.45, 7) is 8.69. The van der Waals surface area contributed by atoms with Crippen LogP contribution in [0, 0.1) is 6.92 Å². The number of ether oxygens (including phenoxy) is 1. The van der Waals surface area contributed by atoms with Crippen molar-refractivity contribution >= 4 is 22.2 Å². The fraction of sp³-hybridized carbons (Fsp3) is 0.318. The first-order valence-corrected chi connectivity index (χ1v) is 10.8. The van der Waals surface area contributed by atoms with Crippen LogP contribution in [0.15, 0.2) is 65.6 Å². The second-order valence-corrected chi connectivity index (χ2v) is 9.55. The van der Waals surface area contributed by atoms with Gasteiger partial charge in [-0.05, 0) is 52.3 Å². The Hall–Kier alpha value is -2.64. The van der Waals surface area contributed by atoms with Crippen LogP contribution in [0.3, 0.4) is 0 Å². The van der Waals surface area contributed by atoms with E-state index >= 15 is 0 Å². The highest BCUT2D eigenvalue weighted by atomic mass is 32.2. The first kappa shape index (κ1) is 22.6. The molecule has 1 unspecified atom stereocenters. The number of carbonyl (C=O) groups excluding carboxylic acids is 1. The van der Waals surface area contributed by atoms with E-state index in [4.69, 9.17) is 4.74 Å². The Kier molecular flexibility index (Phi) is 7.21. The smallest absolute Gasteiger partial charge is 0.423 e. The predicted molar refractivity (Wildman–Crippen MR) is 115 cm³/mol. The molecule has 0 saturated carbocycles. The molecule has 1 atom stereocenters. The number of rotatable bonds is 6. The zero-order valence-corrected chi connectivity index (χ0v) is 18.2. The molecule has 2 aromatic rings. The molecular formula is C22H28N2O4S. The lowest BCUT2D eigenvalue weighted by atomic mass is 10.2. The van der Waals surface area contributed by atoms with Gasteiger partial charge in [0.15, 0.2) is 0 Å². The summed E-state index contributed by atoms with van der Waals surface area (Å²) in [5, 5.41) is 0. The third-order valence-corrected chi connectivity index (χ3v) is 5.72. The summed E-state index contributed by atoms with van der Waals surface area (Å²) in [5.41, 5.74) is 3.50. The van der Waals surface area contributed by atoms with E-state index in [1.807, 2.05) is 37.3 Å². The maximum Gasteiger partial charge on any atom is 0.423 e.